The summed E-state index contributed by atoms with van der Waals surface area (Å²) in [7, 11) is 0. The third-order valence-electron chi connectivity index (χ3n) is 6.22. The van der Waals surface area contributed by atoms with Gasteiger partial charge >= 0.3 is 6.09 Å². The summed E-state index contributed by atoms with van der Waals surface area (Å²) in [6.45, 7) is 5.98. The molecule has 1 atom stereocenters. The van der Waals surface area contributed by atoms with Crippen LogP contribution in [-0.4, -0.2) is 63.9 Å². The molecule has 1 aromatic rings. The van der Waals surface area contributed by atoms with Crippen molar-refractivity contribution in [1.29, 1.82) is 0 Å². The first-order chi connectivity index (χ1) is 16.0. The standard InChI is InChI=1S/C25H30N4O5/c1-25(2,3)34-24(33)28(18-12-17(26)13-18)10-4-5-15-6-7-19-16(11-15)14-29(23(19)32)20-8-9-21(30)27-22(20)31/h6-7,11,17-18,20H,8-10,12-14,26H2,1-3H3,(H,27,30,31). The molecule has 0 radical (unpaired) electrons. The molecule has 4 rings (SSSR count). The normalized spacial score (nSPS) is 23.9. The van der Waals surface area contributed by atoms with E-state index in [0.717, 1.165) is 18.4 Å². The van der Waals surface area contributed by atoms with Gasteiger partial charge in [0.25, 0.3) is 5.91 Å². The number of carbonyl (C=O) groups excluding carboxylic acids is 4. The van der Waals surface area contributed by atoms with E-state index in [9.17, 15) is 19.2 Å². The summed E-state index contributed by atoms with van der Waals surface area (Å²) >= 11 is 0. The summed E-state index contributed by atoms with van der Waals surface area (Å²) in [4.78, 5) is 52.3. The maximum atomic E-state index is 12.8. The molecule has 34 heavy (non-hydrogen) atoms. The van der Waals surface area contributed by atoms with Crippen LogP contribution in [0.3, 0.4) is 0 Å². The molecule has 0 aromatic heterocycles. The average molecular weight is 467 g/mol. The van der Waals surface area contributed by atoms with Gasteiger partial charge in [0.2, 0.25) is 11.8 Å². The summed E-state index contributed by atoms with van der Waals surface area (Å²) in [5, 5.41) is 2.30. The number of piperidine rings is 1. The van der Waals surface area contributed by atoms with Gasteiger partial charge in [-0.25, -0.2) is 4.79 Å². The molecule has 3 N–H and O–H groups in total. The van der Waals surface area contributed by atoms with E-state index in [4.69, 9.17) is 10.5 Å². The van der Waals surface area contributed by atoms with Crippen LogP contribution in [0.5, 0.6) is 0 Å². The Morgan fingerprint density at radius 3 is 2.65 bits per heavy atom. The van der Waals surface area contributed by atoms with Gasteiger partial charge in [0.1, 0.15) is 11.6 Å². The van der Waals surface area contributed by atoms with Crippen LogP contribution >= 0.6 is 0 Å². The van der Waals surface area contributed by atoms with Gasteiger partial charge < -0.3 is 15.4 Å². The van der Waals surface area contributed by atoms with Gasteiger partial charge in [0, 0.05) is 36.2 Å². The second kappa shape index (κ2) is 9.11. The molecule has 1 aromatic carbocycles. The van der Waals surface area contributed by atoms with Crippen molar-refractivity contribution in [3.8, 4) is 11.8 Å². The molecule has 1 saturated heterocycles. The number of hydrogen-bond acceptors (Lipinski definition) is 6. The van der Waals surface area contributed by atoms with Crippen molar-refractivity contribution in [2.24, 2.45) is 5.73 Å². The van der Waals surface area contributed by atoms with E-state index in [1.807, 2.05) is 26.8 Å². The molecule has 2 fully saturated rings. The topological polar surface area (TPSA) is 122 Å². The van der Waals surface area contributed by atoms with Crippen molar-refractivity contribution in [2.45, 2.75) is 76.7 Å². The van der Waals surface area contributed by atoms with Gasteiger partial charge in [0.05, 0.1) is 6.54 Å². The number of nitrogens with one attached hydrogen (secondary N) is 1. The Morgan fingerprint density at radius 1 is 1.26 bits per heavy atom. The molecule has 2 heterocycles. The van der Waals surface area contributed by atoms with Crippen molar-refractivity contribution in [3.63, 3.8) is 0 Å². The number of amides is 4. The first-order valence-corrected chi connectivity index (χ1v) is 11.5. The van der Waals surface area contributed by atoms with Crippen molar-refractivity contribution < 1.29 is 23.9 Å². The van der Waals surface area contributed by atoms with Crippen LogP contribution in [0.2, 0.25) is 0 Å². The van der Waals surface area contributed by atoms with E-state index in [2.05, 4.69) is 17.2 Å². The number of fused-ring (bicyclic) bond motifs is 1. The number of benzene rings is 1. The molecule has 2 aliphatic heterocycles. The second-order valence-corrected chi connectivity index (χ2v) is 10.1. The fourth-order valence-corrected chi connectivity index (χ4v) is 4.43. The Hall–Kier alpha value is -3.38. The van der Waals surface area contributed by atoms with Gasteiger partial charge in [-0.15, -0.1) is 0 Å². The van der Waals surface area contributed by atoms with E-state index in [1.54, 1.807) is 17.0 Å². The fraction of sp³-hybridized carbons (Fsp3) is 0.520. The summed E-state index contributed by atoms with van der Waals surface area (Å²) in [6.07, 6.45) is 1.57. The van der Waals surface area contributed by atoms with E-state index < -0.39 is 23.6 Å². The van der Waals surface area contributed by atoms with Crippen LogP contribution in [0.15, 0.2) is 18.2 Å². The number of hydrogen-bond donors (Lipinski definition) is 2. The highest BCUT2D eigenvalue weighted by Crippen LogP contribution is 2.28. The van der Waals surface area contributed by atoms with Gasteiger partial charge in [-0.1, -0.05) is 11.8 Å². The smallest absolute Gasteiger partial charge is 0.411 e. The minimum Gasteiger partial charge on any atom is -0.444 e. The highest BCUT2D eigenvalue weighted by molar-refractivity contribution is 6.05. The van der Waals surface area contributed by atoms with E-state index in [-0.39, 0.29) is 36.9 Å². The summed E-state index contributed by atoms with van der Waals surface area (Å²) in [6, 6.07) is 4.76. The lowest BCUT2D eigenvalue weighted by atomic mass is 9.86. The van der Waals surface area contributed by atoms with Gasteiger partial charge in [-0.2, -0.15) is 0 Å². The molecular formula is C25H30N4O5. The zero-order valence-corrected chi connectivity index (χ0v) is 19.7. The average Bonchev–Trinajstić information content (AvgIpc) is 3.03. The maximum absolute atomic E-state index is 12.8. The van der Waals surface area contributed by atoms with E-state index in [1.165, 1.54) is 4.90 Å². The van der Waals surface area contributed by atoms with Crippen molar-refractivity contribution in [3.05, 3.63) is 34.9 Å². The zero-order chi connectivity index (χ0) is 24.6. The summed E-state index contributed by atoms with van der Waals surface area (Å²) in [5.74, 6) is 5.16. The largest absolute Gasteiger partial charge is 0.444 e. The third kappa shape index (κ3) is 5.07. The first-order valence-electron chi connectivity index (χ1n) is 11.5. The van der Waals surface area contributed by atoms with Gasteiger partial charge in [0.15, 0.2) is 0 Å². The van der Waals surface area contributed by atoms with Gasteiger partial charge in [-0.3, -0.25) is 24.6 Å². The Morgan fingerprint density at radius 2 is 2.00 bits per heavy atom. The number of nitrogens with two attached hydrogens (primary N) is 1. The molecule has 0 spiro atoms. The molecule has 1 saturated carbocycles. The summed E-state index contributed by atoms with van der Waals surface area (Å²) < 4.78 is 5.53. The third-order valence-corrected chi connectivity index (χ3v) is 6.22. The van der Waals surface area contributed by atoms with Gasteiger partial charge in [-0.05, 0) is 63.8 Å². The molecule has 3 aliphatic rings. The molecule has 9 heteroatoms. The highest BCUT2D eigenvalue weighted by Gasteiger charge is 2.39. The quantitative estimate of drug-likeness (QED) is 0.515. The molecular weight excluding hydrogens is 436 g/mol. The number of carbonyl (C=O) groups is 4. The second-order valence-electron chi connectivity index (χ2n) is 10.1. The Kier molecular flexibility index (Phi) is 6.36. The van der Waals surface area contributed by atoms with Crippen molar-refractivity contribution in [2.75, 3.05) is 6.54 Å². The predicted molar refractivity (Wildman–Crippen MR) is 123 cm³/mol. The minimum absolute atomic E-state index is 0.0128. The zero-order valence-electron chi connectivity index (χ0n) is 19.7. The van der Waals surface area contributed by atoms with E-state index in [0.29, 0.717) is 24.1 Å². The molecule has 4 amide bonds. The lowest BCUT2D eigenvalue weighted by molar-refractivity contribution is -0.136. The molecule has 180 valence electrons. The maximum Gasteiger partial charge on any atom is 0.411 e. The number of imide groups is 1. The van der Waals surface area contributed by atoms with Crippen molar-refractivity contribution >= 4 is 23.8 Å². The highest BCUT2D eigenvalue weighted by atomic mass is 16.6. The van der Waals surface area contributed by atoms with Crippen LogP contribution < -0.4 is 11.1 Å². The van der Waals surface area contributed by atoms with Crippen LogP contribution in [0, 0.1) is 11.8 Å². The van der Waals surface area contributed by atoms with Crippen LogP contribution in [0.25, 0.3) is 0 Å². The van der Waals surface area contributed by atoms with E-state index >= 15 is 0 Å². The lowest BCUT2D eigenvalue weighted by Gasteiger charge is -2.40. The first kappa shape index (κ1) is 23.8. The Labute approximate surface area is 199 Å². The minimum atomic E-state index is -0.650. The number of nitrogens with zero attached hydrogens (tertiary/aromatic N) is 2. The van der Waals surface area contributed by atoms with Crippen LogP contribution in [0.1, 0.15) is 67.9 Å². The fourth-order valence-electron chi connectivity index (χ4n) is 4.43. The van der Waals surface area contributed by atoms with Crippen LogP contribution in [0.4, 0.5) is 4.79 Å². The monoisotopic (exact) mass is 466 g/mol. The molecule has 0 bridgehead atoms. The Balaban J connectivity index is 1.45. The number of rotatable bonds is 3. The van der Waals surface area contributed by atoms with Crippen molar-refractivity contribution in [1.82, 2.24) is 15.1 Å². The number of ether oxygens (including phenoxy) is 1. The summed E-state index contributed by atoms with van der Waals surface area (Å²) in [5.41, 5.74) is 7.35. The molecule has 9 nitrogen and oxygen atoms in total. The molecule has 1 aliphatic carbocycles. The Bertz CT molecular complexity index is 1090. The predicted octanol–water partition coefficient (Wildman–Crippen LogP) is 1.53. The lowest BCUT2D eigenvalue weighted by Crippen LogP contribution is -2.53. The SMILES string of the molecule is CC(C)(C)OC(=O)N(CC#Cc1ccc2c(c1)CN(C1CCC(=O)NC1=O)C2=O)C1CC(N)C1. The molecule has 1 unspecified atom stereocenters. The van der Waals surface area contributed by atoms with Crippen LogP contribution in [-0.2, 0) is 20.9 Å².